The number of hydrogen-bond acceptors (Lipinski definition) is 15. The molecule has 0 aromatic rings. The molecular weight excluding hydrogens is 639 g/mol. The van der Waals surface area contributed by atoms with Gasteiger partial charge in [0, 0.05) is 45.9 Å². The Morgan fingerprint density at radius 1 is 0.393 bits per heavy atom. The van der Waals surface area contributed by atoms with Gasteiger partial charge in [-0.05, 0) is 0 Å². The topological polar surface area (TPSA) is 316 Å². The van der Waals surface area contributed by atoms with Crippen molar-refractivity contribution in [3.8, 4) is 0 Å². The van der Waals surface area contributed by atoms with Crippen LogP contribution in [0.2, 0.25) is 0 Å². The molecule has 28 heavy (non-hydrogen) atoms. The maximum absolute atomic E-state index is 8.52. The quantitative estimate of drug-likeness (QED) is 0.221. The van der Waals surface area contributed by atoms with E-state index < -0.39 is 45.9 Å². The monoisotopic (exact) mass is 642 g/mol. The first-order chi connectivity index (χ1) is 8.66. The largest absolute Gasteiger partial charge is 3.00 e. The predicted octanol–water partition coefficient (Wildman–Crippen LogP) is -27.4. The van der Waals surface area contributed by atoms with Crippen LogP contribution in [0.4, 0.5) is 0 Å². The predicted molar refractivity (Wildman–Crippen MR) is 59.7 cm³/mol. The first kappa shape index (κ1) is 83.6. The second kappa shape index (κ2) is 76.5. The van der Waals surface area contributed by atoms with Gasteiger partial charge >= 0.3 is 272 Å². The molecule has 0 aromatic heterocycles. The third-order valence-electron chi connectivity index (χ3n) is 0. The van der Waals surface area contributed by atoms with E-state index in [0.29, 0.717) is 0 Å². The zero-order valence-corrected chi connectivity index (χ0v) is 37.2. The fourth-order valence-electron chi connectivity index (χ4n) is 0. The Balaban J connectivity index is -0.00000000536. The Morgan fingerprint density at radius 3 is 0.393 bits per heavy atom. The van der Waals surface area contributed by atoms with Gasteiger partial charge in [0.05, 0.1) is 0 Å². The van der Waals surface area contributed by atoms with E-state index in [9.17, 15) is 0 Å². The molecule has 15 nitrogen and oxygen atoms in total. The minimum atomic E-state index is -3.63. The number of hydrogen-bond donors (Lipinski definition) is 0. The van der Waals surface area contributed by atoms with Crippen molar-refractivity contribution in [2.45, 2.75) is 0 Å². The Kier molecular flexibility index (Phi) is 228. The van der Waals surface area contributed by atoms with Crippen molar-refractivity contribution in [2.24, 2.45) is 0 Å². The van der Waals surface area contributed by atoms with Gasteiger partial charge in [0.15, 0.2) is 0 Å². The van der Waals surface area contributed by atoms with Crippen molar-refractivity contribution < 1.29 is 238 Å². The Bertz CT molecular complexity index is 259. The maximum Gasteiger partial charge on any atom is 3.00 e. The van der Waals surface area contributed by atoms with E-state index >= 15 is 0 Å². The standard InChI is InChI=1S/2Al.2Ca.2K.2Na.5O3Si.4H/c;;;;;;;;5*1-4(2)3;;;;/q2*+3;2*+2;4*+1;5*-2;4*-1. The van der Waals surface area contributed by atoms with E-state index in [1.165, 1.54) is 0 Å². The minimum Gasteiger partial charge on any atom is -1.00 e. The third-order valence-corrected chi connectivity index (χ3v) is 0. The zero-order valence-electron chi connectivity index (χ0n) is 19.2. The van der Waals surface area contributed by atoms with Crippen LogP contribution in [0.25, 0.3) is 0 Å². The fraction of sp³-hybridized carbons (Fsp3) is 0. The zero-order chi connectivity index (χ0) is 17.9. The first-order valence-electron chi connectivity index (χ1n) is 3.06. The molecule has 0 aliphatic heterocycles. The smallest absolute Gasteiger partial charge is 1.00 e. The molecule has 0 spiro atoms. The van der Waals surface area contributed by atoms with Crippen LogP contribution in [0.1, 0.15) is 5.71 Å². The van der Waals surface area contributed by atoms with Crippen LogP contribution in [-0.4, -0.2) is 156 Å². The molecule has 0 fully saturated rings. The van der Waals surface area contributed by atoms with Crippen molar-refractivity contribution >= 4 is 156 Å². The van der Waals surface area contributed by atoms with Crippen LogP contribution < -0.4 is 210 Å². The molecule has 0 N–H and O–H groups in total. The average molecular weight is 643 g/mol. The van der Waals surface area contributed by atoms with E-state index in [1.54, 1.807) is 0 Å². The van der Waals surface area contributed by atoms with Crippen LogP contribution in [-0.2, 0) is 22.3 Å². The molecule has 0 radical (unpaired) electrons. The molecule has 0 saturated heterocycles. The Labute approximate surface area is 383 Å². The maximum atomic E-state index is 8.52. The summed E-state index contributed by atoms with van der Waals surface area (Å²) in [7, 11) is -18.1. The van der Waals surface area contributed by atoms with Gasteiger partial charge in [-0.3, -0.25) is 0 Å². The molecule has 0 aromatic carbocycles. The van der Waals surface area contributed by atoms with Gasteiger partial charge in [0.2, 0.25) is 0 Å². The van der Waals surface area contributed by atoms with Crippen molar-refractivity contribution in [2.75, 3.05) is 0 Å². The second-order valence-corrected chi connectivity index (χ2v) is 3.75. The van der Waals surface area contributed by atoms with Crippen LogP contribution >= 0.6 is 0 Å². The first-order valence-corrected chi connectivity index (χ1v) is 9.19. The van der Waals surface area contributed by atoms with Gasteiger partial charge in [-0.25, -0.2) is 0 Å². The normalized spacial score (nSPS) is 4.29. The summed E-state index contributed by atoms with van der Waals surface area (Å²) in [5, 5.41) is 0. The van der Waals surface area contributed by atoms with Crippen LogP contribution in [0.5, 0.6) is 0 Å². The van der Waals surface area contributed by atoms with Gasteiger partial charge in [-0.15, -0.1) is 0 Å². The summed E-state index contributed by atoms with van der Waals surface area (Å²) in [6.07, 6.45) is 0. The van der Waals surface area contributed by atoms with E-state index in [-0.39, 0.29) is 278 Å². The summed E-state index contributed by atoms with van der Waals surface area (Å²) in [5.41, 5.74) is 0. The summed E-state index contributed by atoms with van der Waals surface area (Å²) in [6, 6.07) is 0. The second-order valence-electron chi connectivity index (χ2n) is 1.25. The van der Waals surface area contributed by atoms with Crippen molar-refractivity contribution in [1.29, 1.82) is 0 Å². The molecule has 0 rings (SSSR count). The van der Waals surface area contributed by atoms with E-state index in [4.69, 9.17) is 70.3 Å². The van der Waals surface area contributed by atoms with Gasteiger partial charge in [-0.1, -0.05) is 0 Å². The van der Waals surface area contributed by atoms with Crippen molar-refractivity contribution in [1.82, 2.24) is 0 Å². The SMILES string of the molecule is O=[Si]([O-])[O-].O=[Si]([O-])[O-].O=[Si]([O-])[O-].O=[Si]([O-])[O-].O=[Si]([O-])[O-].[Al+3].[Al+3].[Ca+2].[Ca+2].[H-].[H-].[H-].[H-].[K+].[K+].[Na+].[Na+]. The summed E-state index contributed by atoms with van der Waals surface area (Å²) < 4.78 is 42.6. The Hall–Kier alpha value is 6.94. The van der Waals surface area contributed by atoms with E-state index in [1.807, 2.05) is 0 Å². The van der Waals surface area contributed by atoms with Crippen LogP contribution in [0, 0.1) is 0 Å². The van der Waals surface area contributed by atoms with E-state index in [0.717, 1.165) is 0 Å². The minimum absolute atomic E-state index is 0. The van der Waals surface area contributed by atoms with Crippen LogP contribution in [0.15, 0.2) is 0 Å². The van der Waals surface area contributed by atoms with E-state index in [2.05, 4.69) is 0 Å². The Morgan fingerprint density at radius 2 is 0.393 bits per heavy atom. The molecule has 0 atom stereocenters. The molecule has 128 valence electrons. The molecule has 0 heterocycles. The van der Waals surface area contributed by atoms with Gasteiger partial charge in [-0.2, -0.15) is 0 Å². The molecule has 28 heteroatoms. The number of rotatable bonds is 0. The van der Waals surface area contributed by atoms with Crippen molar-refractivity contribution in [3.63, 3.8) is 0 Å². The molecule has 0 aliphatic rings. The fourth-order valence-corrected chi connectivity index (χ4v) is 0. The molecule has 0 unspecified atom stereocenters. The van der Waals surface area contributed by atoms with Crippen LogP contribution in [0.3, 0.4) is 0 Å². The summed E-state index contributed by atoms with van der Waals surface area (Å²) in [4.78, 5) is 85.2. The molecule has 0 amide bonds. The van der Waals surface area contributed by atoms with Gasteiger partial charge in [0.1, 0.15) is 0 Å². The summed E-state index contributed by atoms with van der Waals surface area (Å²) in [6.45, 7) is 0. The molecule has 0 aliphatic carbocycles. The van der Waals surface area contributed by atoms with Gasteiger partial charge in [0.25, 0.3) is 0 Å². The molecule has 0 saturated carbocycles. The molecular formula is H4Al2Ca2K2Na2O15Si5. The van der Waals surface area contributed by atoms with Crippen molar-refractivity contribution in [3.05, 3.63) is 0 Å². The van der Waals surface area contributed by atoms with Gasteiger partial charge < -0.3 is 76.0 Å². The molecule has 0 bridgehead atoms. The average Bonchev–Trinajstić information content (AvgIpc) is 1.94. The third kappa shape index (κ3) is 697. The summed E-state index contributed by atoms with van der Waals surface area (Å²) >= 11 is 0. The summed E-state index contributed by atoms with van der Waals surface area (Å²) in [5.74, 6) is 0.